The van der Waals surface area contributed by atoms with E-state index in [1.165, 1.54) is 15.5 Å². The zero-order valence-corrected chi connectivity index (χ0v) is 24.3. The average Bonchev–Trinajstić information content (AvgIpc) is 3.67. The minimum atomic E-state index is 0.661. The van der Waals surface area contributed by atoms with Crippen molar-refractivity contribution in [3.05, 3.63) is 140 Å². The van der Waals surface area contributed by atoms with Crippen LogP contribution in [-0.4, -0.2) is 15.0 Å². The number of thiophene rings is 1. The van der Waals surface area contributed by atoms with Crippen molar-refractivity contribution < 1.29 is 4.42 Å². The Bertz CT molecular complexity index is 2440. The number of nitrogens with zero attached hydrogens (tertiary/aromatic N) is 3. The van der Waals surface area contributed by atoms with Crippen LogP contribution in [0.1, 0.15) is 0 Å². The summed E-state index contributed by atoms with van der Waals surface area (Å²) in [6, 6.07) is 48.0. The number of fused-ring (bicyclic) bond motifs is 6. The fraction of sp³-hybridized carbons (Fsp3) is 0. The van der Waals surface area contributed by atoms with Gasteiger partial charge in [-0.1, -0.05) is 121 Å². The molecule has 9 aromatic rings. The van der Waals surface area contributed by atoms with Gasteiger partial charge in [0.1, 0.15) is 11.2 Å². The minimum absolute atomic E-state index is 0.661. The van der Waals surface area contributed by atoms with Gasteiger partial charge in [0.15, 0.2) is 17.5 Å². The Hall–Kier alpha value is -5.65. The molecule has 0 fully saturated rings. The molecular weight excluding hydrogens is 559 g/mol. The van der Waals surface area contributed by atoms with Gasteiger partial charge in [-0.25, -0.2) is 15.0 Å². The predicted molar refractivity (Wildman–Crippen MR) is 182 cm³/mol. The lowest BCUT2D eigenvalue weighted by Crippen LogP contribution is -2.00. The monoisotopic (exact) mass is 581 g/mol. The molecule has 3 aromatic heterocycles. The molecule has 0 saturated heterocycles. The highest BCUT2D eigenvalue weighted by Gasteiger charge is 2.18. The Morgan fingerprint density at radius 1 is 0.432 bits per heavy atom. The Kier molecular flexibility index (Phi) is 5.64. The quantitative estimate of drug-likeness (QED) is 0.207. The standard InChI is InChI=1S/C39H23N3OS/c1-3-11-24(12-4-1)37-40-38(25-13-5-2-6-14-25)42-39(41-37)32-19-10-18-31-29-22-21-26(23-34(29)44-36(31)32)27-16-9-17-30-28-15-7-8-20-33(28)43-35(27)30/h1-23H. The van der Waals surface area contributed by atoms with E-state index in [-0.39, 0.29) is 0 Å². The summed E-state index contributed by atoms with van der Waals surface area (Å²) in [5.74, 6) is 1.99. The molecule has 0 unspecified atom stereocenters. The highest BCUT2D eigenvalue weighted by molar-refractivity contribution is 7.26. The first-order valence-electron chi connectivity index (χ1n) is 14.5. The van der Waals surface area contributed by atoms with Crippen molar-refractivity contribution in [1.82, 2.24) is 15.0 Å². The first-order chi connectivity index (χ1) is 21.8. The third-order valence-corrected chi connectivity index (χ3v) is 9.36. The van der Waals surface area contributed by atoms with Gasteiger partial charge in [0.2, 0.25) is 0 Å². The number of hydrogen-bond acceptors (Lipinski definition) is 5. The van der Waals surface area contributed by atoms with Crippen molar-refractivity contribution in [2.75, 3.05) is 0 Å². The molecule has 206 valence electrons. The summed E-state index contributed by atoms with van der Waals surface area (Å²) in [7, 11) is 0. The molecule has 0 bridgehead atoms. The number of rotatable bonds is 4. The molecule has 0 spiro atoms. The van der Waals surface area contributed by atoms with Gasteiger partial charge in [-0.15, -0.1) is 11.3 Å². The van der Waals surface area contributed by atoms with Crippen LogP contribution in [0.4, 0.5) is 0 Å². The summed E-state index contributed by atoms with van der Waals surface area (Å²) in [5, 5.41) is 4.68. The Balaban J connectivity index is 1.23. The van der Waals surface area contributed by atoms with Crippen molar-refractivity contribution >= 4 is 53.4 Å². The Morgan fingerprint density at radius 2 is 1.05 bits per heavy atom. The van der Waals surface area contributed by atoms with Crippen LogP contribution in [0.15, 0.2) is 144 Å². The number of para-hydroxylation sites is 2. The van der Waals surface area contributed by atoms with Crippen LogP contribution in [0.3, 0.4) is 0 Å². The number of benzene rings is 6. The van der Waals surface area contributed by atoms with Gasteiger partial charge in [0.25, 0.3) is 0 Å². The van der Waals surface area contributed by atoms with Gasteiger partial charge >= 0.3 is 0 Å². The average molecular weight is 582 g/mol. The molecule has 0 N–H and O–H groups in total. The van der Waals surface area contributed by atoms with E-state index in [0.29, 0.717) is 17.5 Å². The van der Waals surface area contributed by atoms with Crippen LogP contribution in [-0.2, 0) is 0 Å². The van der Waals surface area contributed by atoms with Crippen LogP contribution >= 0.6 is 11.3 Å². The summed E-state index contributed by atoms with van der Waals surface area (Å²) in [6.07, 6.45) is 0. The van der Waals surface area contributed by atoms with Gasteiger partial charge in [-0.05, 0) is 23.8 Å². The Morgan fingerprint density at radius 3 is 1.80 bits per heavy atom. The second-order valence-electron chi connectivity index (χ2n) is 10.8. The summed E-state index contributed by atoms with van der Waals surface area (Å²) in [6.45, 7) is 0. The highest BCUT2D eigenvalue weighted by Crippen LogP contribution is 2.42. The van der Waals surface area contributed by atoms with Crippen LogP contribution in [0.25, 0.3) is 87.4 Å². The van der Waals surface area contributed by atoms with E-state index in [4.69, 9.17) is 19.4 Å². The van der Waals surface area contributed by atoms with Gasteiger partial charge in [0.05, 0.1) is 0 Å². The number of furan rings is 1. The van der Waals surface area contributed by atoms with E-state index >= 15 is 0 Å². The molecule has 0 aliphatic carbocycles. The third kappa shape index (κ3) is 4.02. The van der Waals surface area contributed by atoms with Gasteiger partial charge in [-0.2, -0.15) is 0 Å². The Labute approximate surface area is 256 Å². The number of aromatic nitrogens is 3. The van der Waals surface area contributed by atoms with Crippen molar-refractivity contribution in [2.45, 2.75) is 0 Å². The van der Waals surface area contributed by atoms with Crippen LogP contribution in [0.2, 0.25) is 0 Å². The molecule has 5 heteroatoms. The van der Waals surface area contributed by atoms with Gasteiger partial charge < -0.3 is 4.42 Å². The molecule has 9 rings (SSSR count). The lowest BCUT2D eigenvalue weighted by Gasteiger charge is -2.09. The normalized spacial score (nSPS) is 11.6. The SMILES string of the molecule is c1ccc(-c2nc(-c3ccccc3)nc(-c3cccc4c3sc3cc(-c5cccc6c5oc5ccccc56)ccc34)n2)cc1. The van der Waals surface area contributed by atoms with Crippen molar-refractivity contribution in [3.63, 3.8) is 0 Å². The van der Waals surface area contributed by atoms with Gasteiger partial charge in [0, 0.05) is 53.2 Å². The fourth-order valence-electron chi connectivity index (χ4n) is 6.05. The zero-order valence-electron chi connectivity index (χ0n) is 23.4. The first-order valence-corrected chi connectivity index (χ1v) is 15.3. The molecular formula is C39H23N3OS. The second kappa shape index (κ2) is 9.97. The molecule has 0 amide bonds. The maximum atomic E-state index is 6.36. The molecule has 0 radical (unpaired) electrons. The fourth-order valence-corrected chi connectivity index (χ4v) is 7.30. The molecule has 3 heterocycles. The first kappa shape index (κ1) is 24.9. The number of hydrogen-bond donors (Lipinski definition) is 0. The van der Waals surface area contributed by atoms with Gasteiger partial charge in [-0.3, -0.25) is 0 Å². The maximum Gasteiger partial charge on any atom is 0.165 e. The van der Waals surface area contributed by atoms with Crippen LogP contribution < -0.4 is 0 Å². The molecule has 0 aliphatic rings. The molecule has 0 saturated carbocycles. The maximum absolute atomic E-state index is 6.36. The molecule has 6 aromatic carbocycles. The summed E-state index contributed by atoms with van der Waals surface area (Å²) in [5.41, 5.74) is 6.97. The smallest absolute Gasteiger partial charge is 0.165 e. The molecule has 0 aliphatic heterocycles. The zero-order chi connectivity index (χ0) is 29.0. The van der Waals surface area contributed by atoms with Crippen molar-refractivity contribution in [2.24, 2.45) is 0 Å². The molecule has 44 heavy (non-hydrogen) atoms. The van der Waals surface area contributed by atoms with Crippen LogP contribution in [0.5, 0.6) is 0 Å². The minimum Gasteiger partial charge on any atom is -0.455 e. The van der Waals surface area contributed by atoms with E-state index in [9.17, 15) is 0 Å². The highest BCUT2D eigenvalue weighted by atomic mass is 32.1. The summed E-state index contributed by atoms with van der Waals surface area (Å²) < 4.78 is 8.73. The van der Waals surface area contributed by atoms with E-state index in [0.717, 1.165) is 54.5 Å². The summed E-state index contributed by atoms with van der Waals surface area (Å²) in [4.78, 5) is 14.9. The second-order valence-corrected chi connectivity index (χ2v) is 11.9. The lowest BCUT2D eigenvalue weighted by molar-refractivity contribution is 0.670. The van der Waals surface area contributed by atoms with Crippen molar-refractivity contribution in [1.29, 1.82) is 0 Å². The molecule has 4 nitrogen and oxygen atoms in total. The third-order valence-electron chi connectivity index (χ3n) is 8.15. The van der Waals surface area contributed by atoms with Crippen LogP contribution in [0, 0.1) is 0 Å². The predicted octanol–water partition coefficient (Wildman–Crippen LogP) is 10.8. The molecule has 0 atom stereocenters. The van der Waals surface area contributed by atoms with E-state index < -0.39 is 0 Å². The van der Waals surface area contributed by atoms with E-state index in [1.807, 2.05) is 72.8 Å². The topological polar surface area (TPSA) is 51.8 Å². The lowest BCUT2D eigenvalue weighted by atomic mass is 10.0. The summed E-state index contributed by atoms with van der Waals surface area (Å²) >= 11 is 1.77. The largest absolute Gasteiger partial charge is 0.455 e. The van der Waals surface area contributed by atoms with Crippen molar-refractivity contribution in [3.8, 4) is 45.3 Å². The van der Waals surface area contributed by atoms with E-state index in [1.54, 1.807) is 11.3 Å². The van der Waals surface area contributed by atoms with E-state index in [2.05, 4.69) is 66.7 Å².